The van der Waals surface area contributed by atoms with Gasteiger partial charge in [-0.1, -0.05) is 12.1 Å². The van der Waals surface area contributed by atoms with E-state index in [4.69, 9.17) is 4.74 Å². The summed E-state index contributed by atoms with van der Waals surface area (Å²) in [6.45, 7) is 1.61. The zero-order valence-corrected chi connectivity index (χ0v) is 12.3. The summed E-state index contributed by atoms with van der Waals surface area (Å²) in [4.78, 5) is 11.9. The second kappa shape index (κ2) is 8.11. The number of carbonyl (C=O) groups excluding carboxylic acids is 1. The average molecular weight is 320 g/mol. The molecule has 0 saturated heterocycles. The van der Waals surface area contributed by atoms with Gasteiger partial charge in [-0.05, 0) is 24.6 Å². The van der Waals surface area contributed by atoms with E-state index in [2.05, 4.69) is 10.6 Å². The van der Waals surface area contributed by atoms with Crippen molar-refractivity contribution in [2.24, 2.45) is 0 Å². The number of nitrogens with one attached hydrogen (secondary N) is 2. The Hall–Kier alpha value is -1.64. The van der Waals surface area contributed by atoms with E-state index >= 15 is 0 Å². The van der Waals surface area contributed by atoms with Gasteiger partial charge in [0.05, 0.1) is 12.2 Å². The van der Waals surface area contributed by atoms with E-state index in [9.17, 15) is 23.1 Å². The average Bonchev–Trinajstić information content (AvgIpc) is 2.43. The first kappa shape index (κ1) is 18.4. The molecule has 0 radical (unpaired) electrons. The number of hydrogen-bond donors (Lipinski definition) is 3. The monoisotopic (exact) mass is 320 g/mol. The van der Waals surface area contributed by atoms with Crippen LogP contribution in [-0.2, 0) is 22.3 Å². The summed E-state index contributed by atoms with van der Waals surface area (Å²) in [5.74, 6) is -0.414. The minimum Gasteiger partial charge on any atom is -0.383 e. The SMILES string of the molecule is COCC(NC(C)O)C(=O)NCc1ccc(C(F)(F)F)cc1. The van der Waals surface area contributed by atoms with Gasteiger partial charge in [-0.2, -0.15) is 13.2 Å². The zero-order valence-electron chi connectivity index (χ0n) is 12.3. The minimum absolute atomic E-state index is 0.0593. The van der Waals surface area contributed by atoms with Crippen LogP contribution < -0.4 is 10.6 Å². The van der Waals surface area contributed by atoms with Crippen molar-refractivity contribution in [3.05, 3.63) is 35.4 Å². The van der Waals surface area contributed by atoms with Crippen molar-refractivity contribution in [3.63, 3.8) is 0 Å². The van der Waals surface area contributed by atoms with E-state index in [1.54, 1.807) is 0 Å². The lowest BCUT2D eigenvalue weighted by molar-refractivity contribution is -0.137. The second-order valence-corrected chi connectivity index (χ2v) is 4.76. The number of methoxy groups -OCH3 is 1. The number of ether oxygens (including phenoxy) is 1. The van der Waals surface area contributed by atoms with E-state index in [0.29, 0.717) is 5.56 Å². The van der Waals surface area contributed by atoms with E-state index in [0.717, 1.165) is 12.1 Å². The van der Waals surface area contributed by atoms with Crippen molar-refractivity contribution in [3.8, 4) is 0 Å². The van der Waals surface area contributed by atoms with Crippen LogP contribution in [0.15, 0.2) is 24.3 Å². The highest BCUT2D eigenvalue weighted by Gasteiger charge is 2.29. The Bertz CT molecular complexity index is 475. The summed E-state index contributed by atoms with van der Waals surface area (Å²) >= 11 is 0. The van der Waals surface area contributed by atoms with Gasteiger partial charge in [-0.25, -0.2) is 0 Å². The lowest BCUT2D eigenvalue weighted by Gasteiger charge is -2.19. The van der Waals surface area contributed by atoms with E-state index < -0.39 is 29.9 Å². The quantitative estimate of drug-likeness (QED) is 0.662. The first-order valence-electron chi connectivity index (χ1n) is 6.61. The lowest BCUT2D eigenvalue weighted by Crippen LogP contribution is -2.49. The molecule has 0 bridgehead atoms. The number of carbonyl (C=O) groups is 1. The molecule has 124 valence electrons. The van der Waals surface area contributed by atoms with Crippen molar-refractivity contribution in [2.45, 2.75) is 31.9 Å². The summed E-state index contributed by atoms with van der Waals surface area (Å²) in [6, 6.07) is 3.77. The Labute approximate surface area is 126 Å². The van der Waals surface area contributed by atoms with Gasteiger partial charge in [0, 0.05) is 13.7 Å². The fourth-order valence-electron chi connectivity index (χ4n) is 1.78. The molecule has 0 aliphatic heterocycles. The number of halogens is 3. The van der Waals surface area contributed by atoms with Crippen molar-refractivity contribution < 1.29 is 27.8 Å². The van der Waals surface area contributed by atoms with Gasteiger partial charge in [-0.3, -0.25) is 10.1 Å². The zero-order chi connectivity index (χ0) is 16.8. The molecule has 2 unspecified atom stereocenters. The van der Waals surface area contributed by atoms with Crippen LogP contribution in [0.1, 0.15) is 18.1 Å². The van der Waals surface area contributed by atoms with Crippen LogP contribution >= 0.6 is 0 Å². The van der Waals surface area contributed by atoms with Gasteiger partial charge in [0.2, 0.25) is 5.91 Å². The van der Waals surface area contributed by atoms with E-state index in [1.807, 2.05) is 0 Å². The molecule has 2 atom stereocenters. The molecule has 1 aromatic carbocycles. The van der Waals surface area contributed by atoms with Gasteiger partial charge in [0.1, 0.15) is 12.3 Å². The number of amides is 1. The number of benzene rings is 1. The van der Waals surface area contributed by atoms with Gasteiger partial charge in [-0.15, -0.1) is 0 Å². The maximum absolute atomic E-state index is 12.4. The topological polar surface area (TPSA) is 70.6 Å². The van der Waals surface area contributed by atoms with Crippen LogP contribution in [0.2, 0.25) is 0 Å². The fraction of sp³-hybridized carbons (Fsp3) is 0.500. The summed E-state index contributed by atoms with van der Waals surface area (Å²) < 4.78 is 42.2. The number of alkyl halides is 3. The van der Waals surface area contributed by atoms with Crippen LogP contribution in [0.3, 0.4) is 0 Å². The van der Waals surface area contributed by atoms with E-state index in [-0.39, 0.29) is 13.2 Å². The molecule has 5 nitrogen and oxygen atoms in total. The Balaban J connectivity index is 2.58. The Morgan fingerprint density at radius 1 is 1.32 bits per heavy atom. The first-order chi connectivity index (χ1) is 10.2. The van der Waals surface area contributed by atoms with Crippen molar-refractivity contribution in [1.82, 2.24) is 10.6 Å². The normalized spacial score (nSPS) is 14.5. The molecule has 0 aliphatic carbocycles. The highest BCUT2D eigenvalue weighted by Crippen LogP contribution is 2.28. The minimum atomic E-state index is -4.38. The maximum atomic E-state index is 12.4. The van der Waals surface area contributed by atoms with Gasteiger partial charge in [0.15, 0.2) is 0 Å². The Morgan fingerprint density at radius 3 is 2.36 bits per heavy atom. The molecule has 1 amide bonds. The summed E-state index contributed by atoms with van der Waals surface area (Å²) in [5, 5.41) is 14.4. The third kappa shape index (κ3) is 6.00. The predicted octanol–water partition coefficient (Wildman–Crippen LogP) is 1.26. The highest BCUT2D eigenvalue weighted by molar-refractivity contribution is 5.81. The molecule has 0 heterocycles. The standard InChI is InChI=1S/C14H19F3N2O3/c1-9(20)19-12(8-22-2)13(21)18-7-10-3-5-11(6-4-10)14(15,16)17/h3-6,9,12,19-20H,7-8H2,1-2H3,(H,18,21). The molecule has 0 fully saturated rings. The van der Waals surface area contributed by atoms with Gasteiger partial charge >= 0.3 is 6.18 Å². The number of aliphatic hydroxyl groups excluding tert-OH is 1. The molecule has 1 rings (SSSR count). The second-order valence-electron chi connectivity index (χ2n) is 4.76. The predicted molar refractivity (Wildman–Crippen MR) is 73.8 cm³/mol. The van der Waals surface area contributed by atoms with Crippen LogP contribution in [0.4, 0.5) is 13.2 Å². The summed E-state index contributed by atoms with van der Waals surface area (Å²) in [7, 11) is 1.42. The number of hydrogen-bond acceptors (Lipinski definition) is 4. The van der Waals surface area contributed by atoms with Crippen LogP contribution in [-0.4, -0.2) is 37.0 Å². The number of aliphatic hydroxyl groups is 1. The molecule has 3 N–H and O–H groups in total. The van der Waals surface area contributed by atoms with Crippen LogP contribution in [0.25, 0.3) is 0 Å². The van der Waals surface area contributed by atoms with Crippen molar-refractivity contribution >= 4 is 5.91 Å². The molecule has 0 saturated carbocycles. The largest absolute Gasteiger partial charge is 0.416 e. The third-order valence-corrected chi connectivity index (χ3v) is 2.84. The van der Waals surface area contributed by atoms with Crippen molar-refractivity contribution in [1.29, 1.82) is 0 Å². The first-order valence-corrected chi connectivity index (χ1v) is 6.61. The summed E-state index contributed by atoms with van der Waals surface area (Å²) in [6.07, 6.45) is -5.27. The van der Waals surface area contributed by atoms with Crippen LogP contribution in [0.5, 0.6) is 0 Å². The van der Waals surface area contributed by atoms with Gasteiger partial charge in [0.25, 0.3) is 0 Å². The van der Waals surface area contributed by atoms with Gasteiger partial charge < -0.3 is 15.2 Å². The Morgan fingerprint density at radius 2 is 1.91 bits per heavy atom. The Kier molecular flexibility index (Phi) is 6.79. The lowest BCUT2D eigenvalue weighted by atomic mass is 10.1. The molecule has 0 aliphatic rings. The molecule has 0 spiro atoms. The molecule has 22 heavy (non-hydrogen) atoms. The number of rotatable bonds is 7. The van der Waals surface area contributed by atoms with E-state index in [1.165, 1.54) is 26.2 Å². The highest BCUT2D eigenvalue weighted by atomic mass is 19.4. The molecule has 1 aromatic rings. The molecule has 0 aromatic heterocycles. The van der Waals surface area contributed by atoms with Crippen LogP contribution in [0, 0.1) is 0 Å². The van der Waals surface area contributed by atoms with Crippen molar-refractivity contribution in [2.75, 3.05) is 13.7 Å². The third-order valence-electron chi connectivity index (χ3n) is 2.84. The maximum Gasteiger partial charge on any atom is 0.416 e. The molecule has 8 heteroatoms. The fourth-order valence-corrected chi connectivity index (χ4v) is 1.78. The smallest absolute Gasteiger partial charge is 0.383 e. The molecular formula is C14H19F3N2O3. The molecular weight excluding hydrogens is 301 g/mol. The summed E-state index contributed by atoms with van der Waals surface area (Å²) in [5.41, 5.74) is -0.204.